The summed E-state index contributed by atoms with van der Waals surface area (Å²) in [7, 11) is -2.04. The van der Waals surface area contributed by atoms with Crippen molar-refractivity contribution in [1.29, 1.82) is 0 Å². The molecule has 0 aliphatic heterocycles. The number of nitrogen functional groups attached to an aromatic ring is 1. The van der Waals surface area contributed by atoms with Crippen molar-refractivity contribution >= 4 is 15.5 Å². The van der Waals surface area contributed by atoms with E-state index in [9.17, 15) is 12.8 Å². The van der Waals surface area contributed by atoms with Crippen molar-refractivity contribution in [2.24, 2.45) is 0 Å². The van der Waals surface area contributed by atoms with Crippen molar-refractivity contribution in [2.45, 2.75) is 4.90 Å². The number of hydrogen-bond donors (Lipinski definition) is 1. The molecule has 1 aromatic carbocycles. The van der Waals surface area contributed by atoms with Crippen molar-refractivity contribution in [3.63, 3.8) is 0 Å². The lowest BCUT2D eigenvalue weighted by Gasteiger charge is -2.07. The fourth-order valence-corrected chi connectivity index (χ4v) is 2.70. The second-order valence-electron chi connectivity index (χ2n) is 4.26. The quantitative estimate of drug-likeness (QED) is 0.508. The molecule has 1 aromatic rings. The summed E-state index contributed by atoms with van der Waals surface area (Å²) in [4.78, 5) is -0.139. The fourth-order valence-electron chi connectivity index (χ4n) is 1.51. The standard InChI is InChI=1S/C13H20FNO5S/c1-18-2-3-19-4-5-20-6-7-21(16,17)13-9-11(14)8-12(15)10-13/h8-10H,2-7,15H2,1H3. The third-order valence-electron chi connectivity index (χ3n) is 2.55. The largest absolute Gasteiger partial charge is 0.399 e. The predicted octanol–water partition coefficient (Wildman–Crippen LogP) is 0.861. The van der Waals surface area contributed by atoms with Crippen molar-refractivity contribution in [2.75, 3.05) is 51.6 Å². The first kappa shape index (κ1) is 17.8. The number of benzene rings is 1. The molecule has 0 aliphatic carbocycles. The maximum absolute atomic E-state index is 13.1. The lowest BCUT2D eigenvalue weighted by atomic mass is 10.3. The molecule has 120 valence electrons. The molecule has 0 heterocycles. The van der Waals surface area contributed by atoms with Crippen LogP contribution in [-0.4, -0.2) is 54.3 Å². The lowest BCUT2D eigenvalue weighted by molar-refractivity contribution is 0.0284. The first-order valence-corrected chi connectivity index (χ1v) is 8.04. The molecule has 8 heteroatoms. The minimum absolute atomic E-state index is 0.00634. The van der Waals surface area contributed by atoms with Gasteiger partial charge in [0.25, 0.3) is 0 Å². The summed E-state index contributed by atoms with van der Waals surface area (Å²) in [5.41, 5.74) is 5.50. The van der Waals surface area contributed by atoms with E-state index in [1.807, 2.05) is 0 Å². The van der Waals surface area contributed by atoms with Gasteiger partial charge in [-0.15, -0.1) is 0 Å². The van der Waals surface area contributed by atoms with E-state index in [-0.39, 0.29) is 29.5 Å². The second-order valence-corrected chi connectivity index (χ2v) is 6.37. The van der Waals surface area contributed by atoms with Crippen LogP contribution >= 0.6 is 0 Å². The molecule has 0 unspecified atom stereocenters. The van der Waals surface area contributed by atoms with Gasteiger partial charge in [-0.1, -0.05) is 0 Å². The van der Waals surface area contributed by atoms with Crippen molar-refractivity contribution < 1.29 is 27.0 Å². The summed E-state index contributed by atoms with van der Waals surface area (Å²) in [6.45, 7) is 1.60. The third-order valence-corrected chi connectivity index (χ3v) is 4.21. The Kier molecular flexibility index (Phi) is 7.58. The number of sulfone groups is 1. The van der Waals surface area contributed by atoms with Crippen LogP contribution in [0.25, 0.3) is 0 Å². The minimum Gasteiger partial charge on any atom is -0.399 e. The van der Waals surface area contributed by atoms with Gasteiger partial charge in [0.15, 0.2) is 9.84 Å². The van der Waals surface area contributed by atoms with Crippen molar-refractivity contribution in [1.82, 2.24) is 0 Å². The summed E-state index contributed by atoms with van der Waals surface area (Å²) in [6.07, 6.45) is 0. The van der Waals surface area contributed by atoms with Crippen LogP contribution in [0.1, 0.15) is 0 Å². The van der Waals surface area contributed by atoms with Gasteiger partial charge in [-0.05, 0) is 18.2 Å². The van der Waals surface area contributed by atoms with E-state index in [4.69, 9.17) is 19.9 Å². The summed E-state index contributed by atoms with van der Waals surface area (Å²) in [5.74, 6) is -0.922. The van der Waals surface area contributed by atoms with Crippen LogP contribution in [0.4, 0.5) is 10.1 Å². The van der Waals surface area contributed by atoms with Gasteiger partial charge in [-0.25, -0.2) is 12.8 Å². The first-order valence-electron chi connectivity index (χ1n) is 6.39. The van der Waals surface area contributed by atoms with E-state index in [0.717, 1.165) is 12.1 Å². The van der Waals surface area contributed by atoms with E-state index >= 15 is 0 Å². The normalized spacial score (nSPS) is 11.7. The van der Waals surface area contributed by atoms with Gasteiger partial charge in [0.05, 0.1) is 43.7 Å². The van der Waals surface area contributed by atoms with Crippen LogP contribution in [-0.2, 0) is 24.0 Å². The van der Waals surface area contributed by atoms with Crippen molar-refractivity contribution in [3.05, 3.63) is 24.0 Å². The van der Waals surface area contributed by atoms with Gasteiger partial charge in [0, 0.05) is 12.8 Å². The molecule has 0 saturated heterocycles. The number of nitrogens with two attached hydrogens (primary N) is 1. The molecular weight excluding hydrogens is 301 g/mol. The zero-order valence-electron chi connectivity index (χ0n) is 11.9. The molecule has 0 fully saturated rings. The summed E-state index contributed by atoms with van der Waals surface area (Å²) in [6, 6.07) is 3.23. The average Bonchev–Trinajstić information content (AvgIpc) is 2.40. The Labute approximate surface area is 123 Å². The number of hydrogen-bond acceptors (Lipinski definition) is 6. The molecule has 0 atom stereocenters. The van der Waals surface area contributed by atoms with Gasteiger partial charge in [-0.2, -0.15) is 0 Å². The Morgan fingerprint density at radius 1 is 1.05 bits per heavy atom. The molecule has 0 amide bonds. The van der Waals surface area contributed by atoms with Crippen molar-refractivity contribution in [3.8, 4) is 0 Å². The molecule has 0 aliphatic rings. The molecule has 21 heavy (non-hydrogen) atoms. The molecule has 0 spiro atoms. The average molecular weight is 321 g/mol. The topological polar surface area (TPSA) is 87.9 Å². The van der Waals surface area contributed by atoms with Crippen LogP contribution in [0.3, 0.4) is 0 Å². The maximum Gasteiger partial charge on any atom is 0.180 e. The van der Waals surface area contributed by atoms with Gasteiger partial charge in [0.1, 0.15) is 5.82 Å². The Hall–Kier alpha value is -1.22. The highest BCUT2D eigenvalue weighted by Crippen LogP contribution is 2.17. The lowest BCUT2D eigenvalue weighted by Crippen LogP contribution is -2.15. The second kappa shape index (κ2) is 8.93. The molecule has 1 rings (SSSR count). The number of rotatable bonds is 10. The monoisotopic (exact) mass is 321 g/mol. The Morgan fingerprint density at radius 2 is 1.67 bits per heavy atom. The van der Waals surface area contributed by atoms with Crippen LogP contribution in [0, 0.1) is 5.82 Å². The molecule has 0 aromatic heterocycles. The molecule has 0 bridgehead atoms. The predicted molar refractivity (Wildman–Crippen MR) is 76.4 cm³/mol. The van der Waals surface area contributed by atoms with Gasteiger partial charge < -0.3 is 19.9 Å². The first-order chi connectivity index (χ1) is 9.95. The summed E-state index contributed by atoms with van der Waals surface area (Å²) >= 11 is 0. The molecule has 0 radical (unpaired) electrons. The number of methoxy groups -OCH3 is 1. The van der Waals surface area contributed by atoms with Gasteiger partial charge in [-0.3, -0.25) is 0 Å². The highest BCUT2D eigenvalue weighted by Gasteiger charge is 2.15. The van der Waals surface area contributed by atoms with Crippen LogP contribution in [0.5, 0.6) is 0 Å². The van der Waals surface area contributed by atoms with Crippen LogP contribution in [0.2, 0.25) is 0 Å². The maximum atomic E-state index is 13.1. The highest BCUT2D eigenvalue weighted by atomic mass is 32.2. The zero-order chi connectivity index (χ0) is 15.7. The van der Waals surface area contributed by atoms with Crippen LogP contribution < -0.4 is 5.73 Å². The van der Waals surface area contributed by atoms with E-state index in [0.29, 0.717) is 19.8 Å². The van der Waals surface area contributed by atoms with E-state index in [2.05, 4.69) is 0 Å². The van der Waals surface area contributed by atoms with Gasteiger partial charge in [0.2, 0.25) is 0 Å². The Bertz CT molecular complexity index is 515. The highest BCUT2D eigenvalue weighted by molar-refractivity contribution is 7.91. The summed E-state index contributed by atoms with van der Waals surface area (Å²) in [5, 5.41) is 0. The SMILES string of the molecule is COCCOCCOCCS(=O)(=O)c1cc(N)cc(F)c1. The number of ether oxygens (including phenoxy) is 3. The summed E-state index contributed by atoms with van der Waals surface area (Å²) < 4.78 is 52.2. The Balaban J connectivity index is 2.33. The Morgan fingerprint density at radius 3 is 2.29 bits per heavy atom. The minimum atomic E-state index is -3.61. The van der Waals surface area contributed by atoms with Gasteiger partial charge >= 0.3 is 0 Å². The number of anilines is 1. The van der Waals surface area contributed by atoms with E-state index in [1.54, 1.807) is 7.11 Å². The van der Waals surface area contributed by atoms with E-state index < -0.39 is 15.7 Å². The molecule has 2 N–H and O–H groups in total. The molecule has 6 nitrogen and oxygen atoms in total. The molecule has 0 saturated carbocycles. The van der Waals surface area contributed by atoms with Crippen LogP contribution in [0.15, 0.2) is 23.1 Å². The van der Waals surface area contributed by atoms with E-state index in [1.165, 1.54) is 6.07 Å². The third kappa shape index (κ3) is 6.85. The molecular formula is C13H20FNO5S. The zero-order valence-corrected chi connectivity index (χ0v) is 12.7. The fraction of sp³-hybridized carbons (Fsp3) is 0.538. The smallest absolute Gasteiger partial charge is 0.180 e. The number of halogens is 1.